The molecule has 2 N–H and O–H groups in total. The minimum Gasteiger partial charge on any atom is -0.494 e. The Labute approximate surface area is 130 Å². The lowest BCUT2D eigenvalue weighted by Gasteiger charge is -2.11. The number of aliphatic carboxylic acids is 2. The molecule has 122 valence electrons. The highest BCUT2D eigenvalue weighted by molar-refractivity contribution is 5.74. The van der Waals surface area contributed by atoms with Crippen molar-refractivity contribution in [3.63, 3.8) is 0 Å². The number of rotatable bonds is 11. The van der Waals surface area contributed by atoms with Crippen LogP contribution in [0.3, 0.4) is 0 Å². The fraction of sp³-hybridized carbons (Fsp3) is 0.529. The summed E-state index contributed by atoms with van der Waals surface area (Å²) in [7, 11) is 0. The largest absolute Gasteiger partial charge is 0.494 e. The van der Waals surface area contributed by atoms with Gasteiger partial charge in [-0.15, -0.1) is 0 Å². The first kappa shape index (κ1) is 18.0. The third-order valence-electron chi connectivity index (χ3n) is 3.38. The smallest absolute Gasteiger partial charge is 0.307 e. The van der Waals surface area contributed by atoms with Gasteiger partial charge >= 0.3 is 11.9 Å². The quantitative estimate of drug-likeness (QED) is 0.613. The van der Waals surface area contributed by atoms with E-state index in [-0.39, 0.29) is 12.8 Å². The molecule has 0 aliphatic heterocycles. The Kier molecular flexibility index (Phi) is 8.04. The number of benzene rings is 1. The summed E-state index contributed by atoms with van der Waals surface area (Å²) < 4.78 is 5.63. The Bertz CT molecular complexity index is 496. The van der Waals surface area contributed by atoms with E-state index in [9.17, 15) is 9.59 Å². The van der Waals surface area contributed by atoms with Crippen LogP contribution in [0, 0.1) is 0 Å². The Balaban J connectivity index is 2.60. The summed E-state index contributed by atoms with van der Waals surface area (Å²) in [6.45, 7) is 2.76. The predicted molar refractivity (Wildman–Crippen MR) is 83.4 cm³/mol. The summed E-state index contributed by atoms with van der Waals surface area (Å²) in [6, 6.07) is 4.98. The van der Waals surface area contributed by atoms with Gasteiger partial charge in [0.25, 0.3) is 0 Å². The Hall–Kier alpha value is -2.04. The number of ether oxygens (including phenoxy) is 1. The van der Waals surface area contributed by atoms with Crippen molar-refractivity contribution in [3.8, 4) is 5.75 Å². The Morgan fingerprint density at radius 1 is 0.955 bits per heavy atom. The van der Waals surface area contributed by atoms with Crippen molar-refractivity contribution in [1.82, 2.24) is 0 Å². The van der Waals surface area contributed by atoms with Gasteiger partial charge in [0.15, 0.2) is 0 Å². The van der Waals surface area contributed by atoms with E-state index in [1.165, 1.54) is 19.3 Å². The second kappa shape index (κ2) is 9.82. The van der Waals surface area contributed by atoms with Gasteiger partial charge in [-0.3, -0.25) is 9.59 Å². The maximum absolute atomic E-state index is 10.9. The van der Waals surface area contributed by atoms with Gasteiger partial charge in [-0.1, -0.05) is 38.7 Å². The van der Waals surface area contributed by atoms with Crippen LogP contribution in [0.15, 0.2) is 18.2 Å². The maximum atomic E-state index is 10.9. The molecule has 0 bridgehead atoms. The molecule has 0 heterocycles. The van der Waals surface area contributed by atoms with Crippen molar-refractivity contribution >= 4 is 11.9 Å². The van der Waals surface area contributed by atoms with Gasteiger partial charge in [-0.05, 0) is 29.7 Å². The Morgan fingerprint density at radius 3 is 2.23 bits per heavy atom. The van der Waals surface area contributed by atoms with E-state index in [1.54, 1.807) is 18.2 Å². The second-order valence-electron chi connectivity index (χ2n) is 5.33. The molecule has 0 unspecified atom stereocenters. The van der Waals surface area contributed by atoms with Crippen molar-refractivity contribution in [2.45, 2.75) is 51.9 Å². The molecule has 1 aromatic carbocycles. The number of hydrogen-bond donors (Lipinski definition) is 2. The van der Waals surface area contributed by atoms with E-state index < -0.39 is 11.9 Å². The molecule has 0 aliphatic rings. The normalized spacial score (nSPS) is 10.4. The summed E-state index contributed by atoms with van der Waals surface area (Å²) >= 11 is 0. The molecule has 0 aromatic heterocycles. The number of carbonyl (C=O) groups is 2. The van der Waals surface area contributed by atoms with Gasteiger partial charge in [0.2, 0.25) is 0 Å². The molecule has 1 rings (SSSR count). The highest BCUT2D eigenvalue weighted by Crippen LogP contribution is 2.20. The summed E-state index contributed by atoms with van der Waals surface area (Å²) in [4.78, 5) is 21.7. The van der Waals surface area contributed by atoms with Crippen LogP contribution in [0.1, 0.15) is 50.2 Å². The fourth-order valence-electron chi connectivity index (χ4n) is 2.25. The molecule has 5 nitrogen and oxygen atoms in total. The molecule has 0 atom stereocenters. The minimum atomic E-state index is -0.983. The van der Waals surface area contributed by atoms with Crippen LogP contribution < -0.4 is 4.74 Å². The van der Waals surface area contributed by atoms with Crippen molar-refractivity contribution in [2.75, 3.05) is 6.61 Å². The topological polar surface area (TPSA) is 83.8 Å². The van der Waals surface area contributed by atoms with Crippen LogP contribution in [0.2, 0.25) is 0 Å². The van der Waals surface area contributed by atoms with E-state index in [0.29, 0.717) is 23.5 Å². The zero-order valence-corrected chi connectivity index (χ0v) is 13.0. The van der Waals surface area contributed by atoms with E-state index in [4.69, 9.17) is 14.9 Å². The van der Waals surface area contributed by atoms with Crippen LogP contribution in [-0.4, -0.2) is 28.8 Å². The van der Waals surface area contributed by atoms with Crippen LogP contribution in [0.5, 0.6) is 5.75 Å². The molecular formula is C17H24O5. The monoisotopic (exact) mass is 308 g/mol. The van der Waals surface area contributed by atoms with Gasteiger partial charge in [0.05, 0.1) is 19.4 Å². The van der Waals surface area contributed by atoms with Crippen molar-refractivity contribution in [3.05, 3.63) is 29.3 Å². The maximum Gasteiger partial charge on any atom is 0.307 e. The average molecular weight is 308 g/mol. The number of hydrogen-bond acceptors (Lipinski definition) is 3. The lowest BCUT2D eigenvalue weighted by molar-refractivity contribution is -0.137. The number of unbranched alkanes of at least 4 members (excludes halogenated alkanes) is 4. The van der Waals surface area contributed by atoms with Crippen molar-refractivity contribution < 1.29 is 24.5 Å². The van der Waals surface area contributed by atoms with E-state index >= 15 is 0 Å². The SMILES string of the molecule is CCCCCCCOc1ccc(CC(=O)O)c(CC(=O)O)c1. The lowest BCUT2D eigenvalue weighted by Crippen LogP contribution is -2.08. The predicted octanol–water partition coefficient (Wildman–Crippen LogP) is 3.29. The summed E-state index contributed by atoms with van der Waals surface area (Å²) in [6.07, 6.45) is 5.33. The molecular weight excluding hydrogens is 284 g/mol. The zero-order valence-electron chi connectivity index (χ0n) is 13.0. The highest BCUT2D eigenvalue weighted by Gasteiger charge is 2.11. The van der Waals surface area contributed by atoms with E-state index in [2.05, 4.69) is 6.92 Å². The molecule has 0 spiro atoms. The number of carboxylic acid groups (broad SMARTS) is 2. The molecule has 0 aliphatic carbocycles. The van der Waals surface area contributed by atoms with Gasteiger partial charge in [-0.2, -0.15) is 0 Å². The summed E-state index contributed by atoms with van der Waals surface area (Å²) in [5.41, 5.74) is 1.02. The highest BCUT2D eigenvalue weighted by atomic mass is 16.5. The van der Waals surface area contributed by atoms with Crippen molar-refractivity contribution in [1.29, 1.82) is 0 Å². The first-order valence-corrected chi connectivity index (χ1v) is 7.71. The van der Waals surface area contributed by atoms with Crippen LogP contribution in [0.25, 0.3) is 0 Å². The van der Waals surface area contributed by atoms with Gasteiger partial charge < -0.3 is 14.9 Å². The molecule has 0 radical (unpaired) electrons. The zero-order chi connectivity index (χ0) is 16.4. The molecule has 0 amide bonds. The van der Waals surface area contributed by atoms with Crippen LogP contribution >= 0.6 is 0 Å². The minimum absolute atomic E-state index is 0.181. The average Bonchev–Trinajstić information content (AvgIpc) is 2.44. The summed E-state index contributed by atoms with van der Waals surface area (Å²) in [5, 5.41) is 17.8. The second-order valence-corrected chi connectivity index (χ2v) is 5.33. The lowest BCUT2D eigenvalue weighted by atomic mass is 10.0. The molecule has 0 saturated heterocycles. The third kappa shape index (κ3) is 7.11. The van der Waals surface area contributed by atoms with Gasteiger partial charge in [0.1, 0.15) is 5.75 Å². The van der Waals surface area contributed by atoms with Gasteiger partial charge in [-0.25, -0.2) is 0 Å². The van der Waals surface area contributed by atoms with Crippen molar-refractivity contribution in [2.24, 2.45) is 0 Å². The number of carboxylic acids is 2. The standard InChI is InChI=1S/C17H24O5/c1-2-3-4-5-6-9-22-15-8-7-13(11-16(18)19)14(10-15)12-17(20)21/h7-8,10H,2-6,9,11-12H2,1H3,(H,18,19)(H,20,21). The van der Waals surface area contributed by atoms with E-state index in [1.807, 2.05) is 0 Å². The van der Waals surface area contributed by atoms with Crippen LogP contribution in [-0.2, 0) is 22.4 Å². The molecule has 22 heavy (non-hydrogen) atoms. The first-order valence-electron chi connectivity index (χ1n) is 7.71. The Morgan fingerprint density at radius 2 is 1.59 bits per heavy atom. The van der Waals surface area contributed by atoms with Gasteiger partial charge in [0, 0.05) is 0 Å². The molecule has 0 saturated carbocycles. The van der Waals surface area contributed by atoms with Crippen LogP contribution in [0.4, 0.5) is 0 Å². The molecule has 1 aromatic rings. The molecule has 5 heteroatoms. The third-order valence-corrected chi connectivity index (χ3v) is 3.38. The van der Waals surface area contributed by atoms with E-state index in [0.717, 1.165) is 12.8 Å². The first-order chi connectivity index (χ1) is 10.5. The molecule has 0 fully saturated rings. The fourth-order valence-corrected chi connectivity index (χ4v) is 2.25. The summed E-state index contributed by atoms with van der Waals surface area (Å²) in [5.74, 6) is -1.36.